The Bertz CT molecular complexity index is 528. The van der Waals surface area contributed by atoms with Crippen LogP contribution in [0.2, 0.25) is 5.25 Å². The predicted octanol–water partition coefficient (Wildman–Crippen LogP) is 2.51. The number of pyridine rings is 1. The van der Waals surface area contributed by atoms with Crippen molar-refractivity contribution in [1.82, 2.24) is 4.98 Å². The first-order valence-corrected chi connectivity index (χ1v) is 6.99. The van der Waals surface area contributed by atoms with Crippen LogP contribution in [0.4, 0.5) is 0 Å². The van der Waals surface area contributed by atoms with Gasteiger partial charge in [0.1, 0.15) is 0 Å². The van der Waals surface area contributed by atoms with Gasteiger partial charge in [0.25, 0.3) is 0 Å². The second kappa shape index (κ2) is 5.82. The summed E-state index contributed by atoms with van der Waals surface area (Å²) in [7, 11) is 0. The number of esters is 1. The van der Waals surface area contributed by atoms with Gasteiger partial charge in [0.2, 0.25) is 0 Å². The fourth-order valence-electron chi connectivity index (χ4n) is 1.50. The van der Waals surface area contributed by atoms with Crippen molar-refractivity contribution >= 4 is 33.4 Å². The molecule has 0 bridgehead atoms. The molecule has 1 heterocycles. The van der Waals surface area contributed by atoms with E-state index in [1.807, 2.05) is 46.8 Å². The maximum atomic E-state index is 11.4. The van der Waals surface area contributed by atoms with Crippen LogP contribution in [-0.2, 0) is 4.79 Å². The summed E-state index contributed by atoms with van der Waals surface area (Å²) in [6, 6.07) is 11.4. The van der Waals surface area contributed by atoms with Gasteiger partial charge < -0.3 is 0 Å². The summed E-state index contributed by atoms with van der Waals surface area (Å²) in [6.07, 6.45) is 1.30. The third-order valence-corrected chi connectivity index (χ3v) is 3.09. The molecule has 4 heteroatoms. The molecule has 0 atom stereocenters. The number of carbonyl (C=O) groups is 1. The number of rotatable bonds is 4. The summed E-state index contributed by atoms with van der Waals surface area (Å²) < 4.78 is 5.17. The summed E-state index contributed by atoms with van der Waals surface area (Å²) >= 11 is 2.04. The van der Waals surface area contributed by atoms with E-state index in [-0.39, 0.29) is 5.97 Å². The van der Waals surface area contributed by atoms with E-state index in [1.165, 1.54) is 0 Å². The van der Waals surface area contributed by atoms with E-state index in [1.54, 1.807) is 6.07 Å². The standard InChI is InChI=1S/C13H12GeNO2/c14-9-3-6-13(16)17-12-8-7-10-4-1-2-5-11(10)15-12/h1-2,4-5,7-8H,3,6,9H2. The maximum absolute atomic E-state index is 11.4. The van der Waals surface area contributed by atoms with Gasteiger partial charge in [0.15, 0.2) is 0 Å². The Balaban J connectivity index is 2.11. The summed E-state index contributed by atoms with van der Waals surface area (Å²) in [5.74, 6) is 0.166. The average Bonchev–Trinajstić information content (AvgIpc) is 2.36. The third-order valence-electron chi connectivity index (χ3n) is 2.35. The first kappa shape index (κ1) is 12.1. The van der Waals surface area contributed by atoms with Gasteiger partial charge in [-0.15, -0.1) is 0 Å². The summed E-state index contributed by atoms with van der Waals surface area (Å²) in [5, 5.41) is 2.03. The SMILES string of the molecule is O=C(CC[CH2][Ge])Oc1ccc2ccccc2n1. The molecule has 17 heavy (non-hydrogen) atoms. The molecule has 0 amide bonds. The molecule has 0 saturated heterocycles. The molecule has 1 aromatic heterocycles. The Labute approximate surface area is 108 Å². The molecule has 85 valence electrons. The molecule has 0 fully saturated rings. The number of para-hydroxylation sites is 1. The zero-order chi connectivity index (χ0) is 12.1. The molecule has 0 unspecified atom stereocenters. The van der Waals surface area contributed by atoms with Gasteiger partial charge in [-0.25, -0.2) is 0 Å². The molecule has 2 rings (SSSR count). The quantitative estimate of drug-likeness (QED) is 0.640. The summed E-state index contributed by atoms with van der Waals surface area (Å²) in [6.45, 7) is 0. The first-order valence-electron chi connectivity index (χ1n) is 5.50. The fraction of sp³-hybridized carbons (Fsp3) is 0.231. The second-order valence-electron chi connectivity index (χ2n) is 3.67. The molecule has 3 radical (unpaired) electrons. The van der Waals surface area contributed by atoms with Crippen molar-refractivity contribution < 1.29 is 9.53 Å². The molecule has 0 N–H and O–H groups in total. The van der Waals surface area contributed by atoms with Crippen LogP contribution in [0.1, 0.15) is 12.8 Å². The van der Waals surface area contributed by atoms with E-state index < -0.39 is 0 Å². The van der Waals surface area contributed by atoms with Gasteiger partial charge in [0.05, 0.1) is 0 Å². The number of aromatic nitrogens is 1. The fourth-order valence-corrected chi connectivity index (χ4v) is 1.88. The van der Waals surface area contributed by atoms with E-state index >= 15 is 0 Å². The van der Waals surface area contributed by atoms with E-state index in [0.29, 0.717) is 12.3 Å². The van der Waals surface area contributed by atoms with Crippen molar-refractivity contribution in [2.24, 2.45) is 0 Å². The Morgan fingerprint density at radius 2 is 2.06 bits per heavy atom. The van der Waals surface area contributed by atoms with Crippen LogP contribution in [0.3, 0.4) is 0 Å². The van der Waals surface area contributed by atoms with Crippen LogP contribution in [-0.4, -0.2) is 27.5 Å². The van der Waals surface area contributed by atoms with E-state index in [9.17, 15) is 4.79 Å². The minimum absolute atomic E-state index is 0.213. The molecule has 0 saturated carbocycles. The summed E-state index contributed by atoms with van der Waals surface area (Å²) in [5.41, 5.74) is 0.841. The van der Waals surface area contributed by atoms with Crippen LogP contribution < -0.4 is 4.74 Å². The van der Waals surface area contributed by atoms with Crippen molar-refractivity contribution in [1.29, 1.82) is 0 Å². The number of ether oxygens (including phenoxy) is 1. The van der Waals surface area contributed by atoms with Gasteiger partial charge in [-0.3, -0.25) is 0 Å². The predicted molar refractivity (Wildman–Crippen MR) is 67.2 cm³/mol. The van der Waals surface area contributed by atoms with E-state index in [0.717, 1.165) is 22.6 Å². The molecule has 0 aliphatic carbocycles. The van der Waals surface area contributed by atoms with Crippen LogP contribution >= 0.6 is 0 Å². The van der Waals surface area contributed by atoms with Crippen LogP contribution in [0.15, 0.2) is 36.4 Å². The van der Waals surface area contributed by atoms with Gasteiger partial charge in [-0.1, -0.05) is 0 Å². The number of carbonyl (C=O) groups excluding carboxylic acids is 1. The molecule has 1 aromatic carbocycles. The zero-order valence-electron chi connectivity index (χ0n) is 9.35. The molecule has 0 spiro atoms. The third kappa shape index (κ3) is 3.30. The Kier molecular flexibility index (Phi) is 4.14. The molecule has 0 aliphatic heterocycles. The van der Waals surface area contributed by atoms with Crippen molar-refractivity contribution in [2.75, 3.05) is 0 Å². The Morgan fingerprint density at radius 3 is 2.88 bits per heavy atom. The van der Waals surface area contributed by atoms with E-state index in [2.05, 4.69) is 4.98 Å². The molecule has 2 aromatic rings. The van der Waals surface area contributed by atoms with Crippen molar-refractivity contribution in [2.45, 2.75) is 18.1 Å². The van der Waals surface area contributed by atoms with Gasteiger partial charge in [-0.05, 0) is 0 Å². The minimum atomic E-state index is -0.213. The topological polar surface area (TPSA) is 39.2 Å². The first-order chi connectivity index (χ1) is 8.29. The molecule has 0 aliphatic rings. The number of nitrogens with zero attached hydrogens (tertiary/aromatic N) is 1. The Hall–Kier alpha value is -1.36. The van der Waals surface area contributed by atoms with Crippen molar-refractivity contribution in [3.05, 3.63) is 36.4 Å². The van der Waals surface area contributed by atoms with Gasteiger partial charge >= 0.3 is 108 Å². The molecular formula is C13H12GeNO2. The number of hydrogen-bond acceptors (Lipinski definition) is 3. The average molecular weight is 287 g/mol. The summed E-state index contributed by atoms with van der Waals surface area (Å²) in [4.78, 5) is 15.7. The van der Waals surface area contributed by atoms with Crippen LogP contribution in [0, 0.1) is 0 Å². The zero-order valence-corrected chi connectivity index (χ0v) is 11.4. The Morgan fingerprint density at radius 1 is 1.24 bits per heavy atom. The van der Waals surface area contributed by atoms with Crippen LogP contribution in [0.5, 0.6) is 5.88 Å². The molecular weight excluding hydrogens is 275 g/mol. The molecule has 3 nitrogen and oxygen atoms in total. The number of fused-ring (bicyclic) bond motifs is 1. The van der Waals surface area contributed by atoms with Crippen molar-refractivity contribution in [3.63, 3.8) is 0 Å². The number of hydrogen-bond donors (Lipinski definition) is 0. The second-order valence-corrected chi connectivity index (χ2v) is 4.72. The normalized spacial score (nSPS) is 10.4. The monoisotopic (exact) mass is 288 g/mol. The number of benzene rings is 1. The van der Waals surface area contributed by atoms with Crippen molar-refractivity contribution in [3.8, 4) is 5.88 Å². The van der Waals surface area contributed by atoms with Crippen LogP contribution in [0.25, 0.3) is 10.9 Å². The van der Waals surface area contributed by atoms with Gasteiger partial charge in [-0.2, -0.15) is 0 Å². The van der Waals surface area contributed by atoms with Gasteiger partial charge in [0, 0.05) is 0 Å². The van der Waals surface area contributed by atoms with E-state index in [4.69, 9.17) is 4.74 Å².